The van der Waals surface area contributed by atoms with Gasteiger partial charge in [0, 0.05) is 66.9 Å². The summed E-state index contributed by atoms with van der Waals surface area (Å²) in [7, 11) is -11.4. The summed E-state index contributed by atoms with van der Waals surface area (Å²) >= 11 is 0. The maximum absolute atomic E-state index is 14.2. The number of carbonyl (C=O) groups is 7. The van der Waals surface area contributed by atoms with Crippen LogP contribution in [0.4, 0.5) is 17.1 Å². The SMILES string of the molecule is CCC(C)[C@@H]1NC(=O)c2cc(NC(=O)CCC(=O)NCC(C)(C)COCC(C)(C)CC(=O)NCC(O)C[n+]3ccn(CC(O)(P(=O)(O)O)P(=O)(O)O)c3)ccc2NCc2ccc(C(N)=O)cc2NC(=O)[C@H](CCCCN)NC1=O. The third-order valence-corrected chi connectivity index (χ3v) is 16.7. The van der Waals surface area contributed by atoms with Gasteiger partial charge >= 0.3 is 20.3 Å². The second-order valence-electron chi connectivity index (χ2n) is 21.4. The molecule has 2 heterocycles. The van der Waals surface area contributed by atoms with Gasteiger partial charge in [-0.05, 0) is 73.0 Å². The molecule has 1 aliphatic heterocycles. The van der Waals surface area contributed by atoms with Gasteiger partial charge in [0.05, 0.1) is 18.8 Å². The molecule has 4 rings (SSSR count). The molecule has 0 fully saturated rings. The van der Waals surface area contributed by atoms with Crippen LogP contribution in [0.1, 0.15) is 113 Å². The molecule has 79 heavy (non-hydrogen) atoms. The Morgan fingerprint density at radius 3 is 2.20 bits per heavy atom. The van der Waals surface area contributed by atoms with Crippen LogP contribution in [-0.2, 0) is 57.5 Å². The summed E-state index contributed by atoms with van der Waals surface area (Å²) in [4.78, 5) is 131. The van der Waals surface area contributed by atoms with Gasteiger partial charge in [-0.1, -0.05) is 54.0 Å². The van der Waals surface area contributed by atoms with Gasteiger partial charge in [-0.3, -0.25) is 42.7 Å². The molecule has 1 aliphatic rings. The first kappa shape index (κ1) is 65.4. The van der Waals surface area contributed by atoms with Crippen LogP contribution in [-0.4, -0.2) is 132 Å². The summed E-state index contributed by atoms with van der Waals surface area (Å²) in [5.41, 5.74) is 11.6. The van der Waals surface area contributed by atoms with Crippen molar-refractivity contribution < 1.29 is 81.8 Å². The number of benzene rings is 2. The molecule has 1 aromatic heterocycles. The number of fused-ring (bicyclic) bond motifs is 2. The van der Waals surface area contributed by atoms with E-state index in [0.29, 0.717) is 37.1 Å². The number of rotatable bonds is 27. The highest BCUT2D eigenvalue weighted by molar-refractivity contribution is 7.72. The van der Waals surface area contributed by atoms with Crippen molar-refractivity contribution in [1.29, 1.82) is 0 Å². The average molecular weight is 1150 g/mol. The molecule has 2 unspecified atom stereocenters. The van der Waals surface area contributed by atoms with Gasteiger partial charge in [0.15, 0.2) is 0 Å². The van der Waals surface area contributed by atoms with Crippen LogP contribution in [0.3, 0.4) is 0 Å². The van der Waals surface area contributed by atoms with Crippen LogP contribution in [0.25, 0.3) is 0 Å². The second kappa shape index (κ2) is 28.3. The molecule has 0 saturated carbocycles. The minimum atomic E-state index is -5.69. The van der Waals surface area contributed by atoms with Crippen LogP contribution in [0.15, 0.2) is 55.1 Å². The number of hydrogen-bond acceptors (Lipinski definition) is 14. The first-order valence-corrected chi connectivity index (χ1v) is 28.9. The number of hydrogen-bond donors (Lipinski definition) is 15. The Labute approximate surface area is 458 Å². The minimum Gasteiger partial charge on any atom is -0.387 e. The average Bonchev–Trinajstić information content (AvgIpc) is 3.79. The third-order valence-electron chi connectivity index (χ3n) is 13.0. The molecule has 17 N–H and O–H groups in total. The van der Waals surface area contributed by atoms with Crippen LogP contribution < -0.4 is 53.3 Å². The molecule has 7 amide bonds. The zero-order chi connectivity index (χ0) is 59.1. The van der Waals surface area contributed by atoms with E-state index in [9.17, 15) is 72.5 Å². The van der Waals surface area contributed by atoms with Gasteiger partial charge < -0.3 is 83.2 Å². The quantitative estimate of drug-likeness (QED) is 0.0283. The first-order chi connectivity index (χ1) is 36.8. The Bertz CT molecular complexity index is 2740. The predicted octanol–water partition coefficient (Wildman–Crippen LogP) is 0.670. The maximum Gasteiger partial charge on any atom is 0.373 e. The number of nitrogens with two attached hydrogens (primary N) is 2. The normalized spacial score (nSPS) is 16.6. The molecule has 0 spiro atoms. The van der Waals surface area contributed by atoms with E-state index in [4.69, 9.17) is 16.2 Å². The van der Waals surface area contributed by atoms with E-state index < -0.39 is 97.2 Å². The predicted molar refractivity (Wildman–Crippen MR) is 289 cm³/mol. The summed E-state index contributed by atoms with van der Waals surface area (Å²) in [6.45, 7) is 10.5. The highest BCUT2D eigenvalue weighted by atomic mass is 31.2. The largest absolute Gasteiger partial charge is 0.387 e. The van der Waals surface area contributed by atoms with Gasteiger partial charge in [-0.15, -0.1) is 0 Å². The standard InChI is InChI=1S/C50H77N11O16P2/c1-7-31(2)43-47(69)57-38(10-8-9-17-51)46(68)58-39-20-32(44(52)66)11-12-33(39)23-53-37-14-13-34(21-36(37)45(67)59-43)56-41(64)16-15-40(63)55-26-49(5,6)29-77-28-48(3,4)22-42(65)54-24-35(62)25-60-18-19-61(30-60)27-50(70,78(71,72)73)79(74,75)76/h11-14,18-21,30-31,35,38,43,62,70H,7-10,15-17,22-29,51H2,1-6H3,(H12-,52,53,54,55,56,57,58,59,63,64,65,66,67,68,69,71,72,73,74,75,76)/p+1/t31?,35?,38-,43-/m0/s1. The summed E-state index contributed by atoms with van der Waals surface area (Å²) < 4.78 is 31.6. The van der Waals surface area contributed by atoms with E-state index in [1.54, 1.807) is 39.0 Å². The van der Waals surface area contributed by atoms with Crippen LogP contribution >= 0.6 is 15.2 Å². The fraction of sp³-hybridized carbons (Fsp3) is 0.560. The highest BCUT2D eigenvalue weighted by Crippen LogP contribution is 2.68. The van der Waals surface area contributed by atoms with E-state index in [1.807, 2.05) is 20.8 Å². The molecule has 0 saturated heterocycles. The number of nitrogens with one attached hydrogen (secondary N) is 7. The molecule has 0 radical (unpaired) electrons. The number of unbranched alkanes of at least 4 members (excludes halogenated alkanes) is 1. The van der Waals surface area contributed by atoms with Gasteiger partial charge in [0.25, 0.3) is 5.91 Å². The first-order valence-electron chi connectivity index (χ1n) is 25.7. The molecule has 3 aromatic rings. The Morgan fingerprint density at radius 2 is 1.56 bits per heavy atom. The summed E-state index contributed by atoms with van der Waals surface area (Å²) in [5.74, 6) is -4.19. The molecule has 2 aromatic carbocycles. The number of aromatic nitrogens is 2. The number of nitrogens with zero attached hydrogens (tertiary/aromatic N) is 2. The lowest BCUT2D eigenvalue weighted by Crippen LogP contribution is -2.55. The zero-order valence-electron chi connectivity index (χ0n) is 45.3. The Morgan fingerprint density at radius 1 is 0.886 bits per heavy atom. The lowest BCUT2D eigenvalue weighted by atomic mass is 9.89. The Balaban J connectivity index is 1.30. The van der Waals surface area contributed by atoms with Crippen LogP contribution in [0.2, 0.25) is 0 Å². The lowest BCUT2D eigenvalue weighted by molar-refractivity contribution is -0.702. The van der Waals surface area contributed by atoms with Gasteiger partial charge in [-0.2, -0.15) is 0 Å². The van der Waals surface area contributed by atoms with Crippen molar-refractivity contribution >= 4 is 73.6 Å². The number of ether oxygens (including phenoxy) is 1. The number of carbonyl (C=O) groups excluding carboxylic acids is 7. The van der Waals surface area contributed by atoms with E-state index in [1.165, 1.54) is 35.2 Å². The fourth-order valence-corrected chi connectivity index (χ4v) is 10.2. The number of anilines is 3. The molecule has 29 heteroatoms. The number of amides is 7. The molecule has 0 aliphatic carbocycles. The van der Waals surface area contributed by atoms with Gasteiger partial charge in [0.1, 0.15) is 43.7 Å². The zero-order valence-corrected chi connectivity index (χ0v) is 47.1. The second-order valence-corrected chi connectivity index (χ2v) is 25.5. The third kappa shape index (κ3) is 19.9. The van der Waals surface area contributed by atoms with E-state index in [2.05, 4.69) is 37.2 Å². The Kier molecular flexibility index (Phi) is 23.5. The van der Waals surface area contributed by atoms with E-state index in [0.717, 1.165) is 10.9 Å². The topological polar surface area (TPSA) is 429 Å². The lowest BCUT2D eigenvalue weighted by Gasteiger charge is -2.29. The fourth-order valence-electron chi connectivity index (χ4n) is 8.18. The number of aliphatic hydroxyl groups is 2. The van der Waals surface area contributed by atoms with E-state index >= 15 is 0 Å². The Hall–Kier alpha value is -6.12. The smallest absolute Gasteiger partial charge is 0.373 e. The number of primary amides is 1. The molecule has 438 valence electrons. The highest BCUT2D eigenvalue weighted by Gasteiger charge is 2.61. The van der Waals surface area contributed by atoms with Crippen molar-refractivity contribution in [3.05, 3.63) is 71.8 Å². The summed E-state index contributed by atoms with van der Waals surface area (Å²) in [5, 5.41) is 37.0. The molecule has 27 nitrogen and oxygen atoms in total. The van der Waals surface area contributed by atoms with Crippen molar-refractivity contribution in [1.82, 2.24) is 25.8 Å². The number of imidazole rings is 1. The summed E-state index contributed by atoms with van der Waals surface area (Å²) in [6, 6.07) is 7.03. The van der Waals surface area contributed by atoms with Crippen molar-refractivity contribution in [2.24, 2.45) is 28.2 Å². The van der Waals surface area contributed by atoms with Crippen LogP contribution in [0.5, 0.6) is 0 Å². The van der Waals surface area contributed by atoms with Crippen molar-refractivity contribution in [3.63, 3.8) is 0 Å². The molecule has 4 atom stereocenters. The molecular weight excluding hydrogens is 1070 g/mol. The molecule has 0 bridgehead atoms. The maximum atomic E-state index is 14.2. The minimum absolute atomic E-state index is 0.00803. The van der Waals surface area contributed by atoms with Gasteiger partial charge in [-0.25, -0.2) is 9.13 Å². The van der Waals surface area contributed by atoms with Crippen molar-refractivity contribution in [2.75, 3.05) is 48.8 Å². The summed E-state index contributed by atoms with van der Waals surface area (Å²) in [6.07, 6.45) is 4.00. The molecular formula is C50H78N11O16P2+. The van der Waals surface area contributed by atoms with E-state index in [-0.39, 0.29) is 93.5 Å². The van der Waals surface area contributed by atoms with Crippen molar-refractivity contribution in [2.45, 2.75) is 129 Å². The van der Waals surface area contributed by atoms with Crippen molar-refractivity contribution in [3.8, 4) is 0 Å². The van der Waals surface area contributed by atoms with Crippen LogP contribution in [0, 0.1) is 16.7 Å². The monoisotopic (exact) mass is 1150 g/mol. The number of aliphatic hydroxyl groups excluding tert-OH is 1. The van der Waals surface area contributed by atoms with Gasteiger partial charge in [0.2, 0.25) is 41.8 Å².